The van der Waals surface area contributed by atoms with Crippen LogP contribution in [-0.4, -0.2) is 11.2 Å². The molecule has 50 valence electrons. The minimum atomic E-state index is 0.864. The lowest BCUT2D eigenvalue weighted by Crippen LogP contribution is -1.80. The standard InChI is InChI=1S/C7H5BrN2/c8-6-3-5-1-2-9-7(5)10-4-6/h2-4H,1H2. The molecule has 0 saturated carbocycles. The van der Waals surface area contributed by atoms with Crippen LogP contribution in [0.5, 0.6) is 0 Å². The van der Waals surface area contributed by atoms with Crippen molar-refractivity contribution in [2.45, 2.75) is 6.42 Å². The highest BCUT2D eigenvalue weighted by Crippen LogP contribution is 2.23. The Labute approximate surface area is 67.1 Å². The smallest absolute Gasteiger partial charge is 0.155 e. The van der Waals surface area contributed by atoms with E-state index in [1.54, 1.807) is 6.20 Å². The predicted molar refractivity (Wildman–Crippen MR) is 43.8 cm³/mol. The first-order chi connectivity index (χ1) is 4.86. The number of rotatable bonds is 0. The fourth-order valence-corrected chi connectivity index (χ4v) is 1.35. The summed E-state index contributed by atoms with van der Waals surface area (Å²) in [5.74, 6) is 0.864. The maximum absolute atomic E-state index is 4.11. The minimum absolute atomic E-state index is 0.864. The van der Waals surface area contributed by atoms with Crippen LogP contribution in [-0.2, 0) is 6.42 Å². The molecule has 0 spiro atoms. The monoisotopic (exact) mass is 196 g/mol. The summed E-state index contributed by atoms with van der Waals surface area (Å²) >= 11 is 3.35. The van der Waals surface area contributed by atoms with Gasteiger partial charge in [-0.1, -0.05) is 0 Å². The summed E-state index contributed by atoms with van der Waals surface area (Å²) in [5.41, 5.74) is 1.20. The van der Waals surface area contributed by atoms with Gasteiger partial charge in [-0.3, -0.25) is 0 Å². The second-order valence-electron chi connectivity index (χ2n) is 2.15. The van der Waals surface area contributed by atoms with Crippen molar-refractivity contribution in [1.29, 1.82) is 0 Å². The van der Waals surface area contributed by atoms with Gasteiger partial charge in [0.25, 0.3) is 0 Å². The quantitative estimate of drug-likeness (QED) is 0.625. The van der Waals surface area contributed by atoms with E-state index in [2.05, 4.69) is 32.0 Å². The number of fused-ring (bicyclic) bond motifs is 1. The van der Waals surface area contributed by atoms with Crippen LogP contribution >= 0.6 is 15.9 Å². The Morgan fingerprint density at radius 3 is 3.30 bits per heavy atom. The van der Waals surface area contributed by atoms with Crippen LogP contribution in [0.4, 0.5) is 5.82 Å². The van der Waals surface area contributed by atoms with Crippen LogP contribution in [0.3, 0.4) is 0 Å². The van der Waals surface area contributed by atoms with Crippen LogP contribution < -0.4 is 0 Å². The number of nitrogens with zero attached hydrogens (tertiary/aromatic N) is 2. The summed E-state index contributed by atoms with van der Waals surface area (Å²) in [6.07, 6.45) is 4.56. The number of halogens is 1. The van der Waals surface area contributed by atoms with E-state index in [0.717, 1.165) is 16.7 Å². The van der Waals surface area contributed by atoms with Gasteiger partial charge >= 0.3 is 0 Å². The van der Waals surface area contributed by atoms with Gasteiger partial charge in [-0.25, -0.2) is 9.98 Å². The third-order valence-corrected chi connectivity index (χ3v) is 1.87. The van der Waals surface area contributed by atoms with E-state index in [-0.39, 0.29) is 0 Å². The summed E-state index contributed by atoms with van der Waals surface area (Å²) in [6, 6.07) is 2.05. The van der Waals surface area contributed by atoms with Gasteiger partial charge in [0.1, 0.15) is 0 Å². The Bertz CT molecular complexity index is 294. The molecule has 0 radical (unpaired) electrons. The highest BCUT2D eigenvalue weighted by atomic mass is 79.9. The van der Waals surface area contributed by atoms with Crippen molar-refractivity contribution in [3.63, 3.8) is 0 Å². The molecule has 0 aliphatic carbocycles. The number of aliphatic imine (C=N–C) groups is 1. The normalized spacial score (nSPS) is 13.7. The Morgan fingerprint density at radius 1 is 1.50 bits per heavy atom. The highest BCUT2D eigenvalue weighted by molar-refractivity contribution is 9.10. The number of hydrogen-bond acceptors (Lipinski definition) is 2. The molecular formula is C7H5BrN2. The van der Waals surface area contributed by atoms with Crippen LogP contribution in [0.1, 0.15) is 5.56 Å². The first-order valence-electron chi connectivity index (χ1n) is 3.03. The molecule has 0 amide bonds. The Hall–Kier alpha value is -0.700. The molecule has 10 heavy (non-hydrogen) atoms. The average molecular weight is 197 g/mol. The van der Waals surface area contributed by atoms with E-state index < -0.39 is 0 Å². The number of aromatic nitrogens is 1. The zero-order valence-electron chi connectivity index (χ0n) is 5.21. The van der Waals surface area contributed by atoms with Crippen molar-refractivity contribution >= 4 is 28.0 Å². The molecule has 0 unspecified atom stereocenters. The van der Waals surface area contributed by atoms with Gasteiger partial charge in [-0.2, -0.15) is 0 Å². The molecule has 0 atom stereocenters. The zero-order chi connectivity index (χ0) is 6.97. The zero-order valence-corrected chi connectivity index (χ0v) is 6.80. The van der Waals surface area contributed by atoms with Crippen molar-refractivity contribution in [2.75, 3.05) is 0 Å². The molecule has 1 aliphatic heterocycles. The average Bonchev–Trinajstić information content (AvgIpc) is 2.33. The van der Waals surface area contributed by atoms with Gasteiger partial charge in [0.2, 0.25) is 0 Å². The summed E-state index contributed by atoms with van der Waals surface area (Å²) < 4.78 is 1.02. The summed E-state index contributed by atoms with van der Waals surface area (Å²) in [7, 11) is 0. The Kier molecular flexibility index (Phi) is 1.31. The molecule has 0 aromatic carbocycles. The molecule has 1 aromatic rings. The highest BCUT2D eigenvalue weighted by Gasteiger charge is 2.06. The molecule has 1 aromatic heterocycles. The molecule has 2 rings (SSSR count). The Morgan fingerprint density at radius 2 is 2.40 bits per heavy atom. The molecule has 0 fully saturated rings. The fraction of sp³-hybridized carbons (Fsp3) is 0.143. The number of pyridine rings is 1. The minimum Gasteiger partial charge on any atom is -0.241 e. The maximum Gasteiger partial charge on any atom is 0.155 e. The molecule has 0 N–H and O–H groups in total. The molecule has 0 bridgehead atoms. The van der Waals surface area contributed by atoms with E-state index in [4.69, 9.17) is 0 Å². The van der Waals surface area contributed by atoms with Crippen molar-refractivity contribution in [2.24, 2.45) is 4.99 Å². The van der Waals surface area contributed by atoms with Crippen LogP contribution in [0, 0.1) is 0 Å². The van der Waals surface area contributed by atoms with E-state index in [1.807, 2.05) is 6.21 Å². The first-order valence-corrected chi connectivity index (χ1v) is 3.82. The third-order valence-electron chi connectivity index (χ3n) is 1.43. The lowest BCUT2D eigenvalue weighted by atomic mass is 10.2. The van der Waals surface area contributed by atoms with Crippen LogP contribution in [0.2, 0.25) is 0 Å². The fourth-order valence-electron chi connectivity index (χ4n) is 0.971. The van der Waals surface area contributed by atoms with Gasteiger partial charge < -0.3 is 0 Å². The largest absolute Gasteiger partial charge is 0.241 e. The first kappa shape index (κ1) is 6.04. The van der Waals surface area contributed by atoms with E-state index in [9.17, 15) is 0 Å². The Balaban J connectivity index is 2.59. The lowest BCUT2D eigenvalue weighted by Gasteiger charge is -1.94. The van der Waals surface area contributed by atoms with Gasteiger partial charge in [0.05, 0.1) is 0 Å². The van der Waals surface area contributed by atoms with E-state index >= 15 is 0 Å². The lowest BCUT2D eigenvalue weighted by molar-refractivity contribution is 1.23. The van der Waals surface area contributed by atoms with Gasteiger partial charge in [0.15, 0.2) is 5.82 Å². The SMILES string of the molecule is Brc1cnc2c(c1)CC=N2. The summed E-state index contributed by atoms with van der Waals surface area (Å²) in [6.45, 7) is 0. The predicted octanol–water partition coefficient (Wildman–Crippen LogP) is 2.10. The van der Waals surface area contributed by atoms with Crippen molar-refractivity contribution in [3.05, 3.63) is 22.3 Å². The van der Waals surface area contributed by atoms with E-state index in [1.165, 1.54) is 5.56 Å². The molecule has 0 saturated heterocycles. The third kappa shape index (κ3) is 0.865. The summed E-state index contributed by atoms with van der Waals surface area (Å²) in [4.78, 5) is 8.20. The van der Waals surface area contributed by atoms with Crippen LogP contribution in [0.25, 0.3) is 0 Å². The second kappa shape index (κ2) is 2.16. The maximum atomic E-state index is 4.11. The van der Waals surface area contributed by atoms with Gasteiger partial charge in [-0.15, -0.1) is 0 Å². The molecule has 2 nitrogen and oxygen atoms in total. The van der Waals surface area contributed by atoms with Crippen LogP contribution in [0.15, 0.2) is 21.7 Å². The topological polar surface area (TPSA) is 25.2 Å². The van der Waals surface area contributed by atoms with Crippen molar-refractivity contribution in [3.8, 4) is 0 Å². The molecule has 3 heteroatoms. The molecular weight excluding hydrogens is 192 g/mol. The second-order valence-corrected chi connectivity index (χ2v) is 3.07. The summed E-state index contributed by atoms with van der Waals surface area (Å²) in [5, 5.41) is 0. The molecule has 1 aliphatic rings. The van der Waals surface area contributed by atoms with Gasteiger partial charge in [-0.05, 0) is 22.0 Å². The van der Waals surface area contributed by atoms with Crippen molar-refractivity contribution < 1.29 is 0 Å². The molecule has 2 heterocycles. The van der Waals surface area contributed by atoms with E-state index in [0.29, 0.717) is 0 Å². The number of hydrogen-bond donors (Lipinski definition) is 0. The van der Waals surface area contributed by atoms with Crippen molar-refractivity contribution in [1.82, 2.24) is 4.98 Å². The van der Waals surface area contributed by atoms with Gasteiger partial charge in [0, 0.05) is 28.9 Å².